The number of hydrogen-bond acceptors (Lipinski definition) is 1. The van der Waals surface area contributed by atoms with E-state index in [4.69, 9.17) is 6.42 Å². The number of hydrogen-bond donors (Lipinski definition) is 1. The number of nitrogens with one attached hydrogen (secondary N) is 1. The van der Waals surface area contributed by atoms with Gasteiger partial charge in [-0.15, -0.1) is 12.3 Å². The fourth-order valence-corrected chi connectivity index (χ4v) is 2.05. The molecule has 1 aromatic heterocycles. The molecule has 0 spiro atoms. The minimum Gasteiger partial charge on any atom is -0.346 e. The summed E-state index contributed by atoms with van der Waals surface area (Å²) < 4.78 is 2.24. The molecule has 0 amide bonds. The van der Waals surface area contributed by atoms with Gasteiger partial charge in [-0.2, -0.15) is 0 Å². The van der Waals surface area contributed by atoms with E-state index >= 15 is 0 Å². The molecule has 2 heteroatoms. The largest absolute Gasteiger partial charge is 0.346 e. The van der Waals surface area contributed by atoms with Gasteiger partial charge in [0.15, 0.2) is 0 Å². The second-order valence-corrected chi connectivity index (χ2v) is 3.85. The summed E-state index contributed by atoms with van der Waals surface area (Å²) in [6.07, 6.45) is 8.20. The molecule has 0 atom stereocenters. The summed E-state index contributed by atoms with van der Waals surface area (Å²) in [7, 11) is 1.97. The Morgan fingerprint density at radius 1 is 1.38 bits per heavy atom. The van der Waals surface area contributed by atoms with Crippen molar-refractivity contribution in [2.24, 2.45) is 0 Å². The molecule has 0 aliphatic rings. The van der Waals surface area contributed by atoms with E-state index in [9.17, 15) is 0 Å². The fraction of sp³-hybridized carbons (Fsp3) is 0.286. The average molecular weight is 212 g/mol. The van der Waals surface area contributed by atoms with Crippen LogP contribution in [0.1, 0.15) is 12.0 Å². The van der Waals surface area contributed by atoms with Gasteiger partial charge in [-0.1, -0.05) is 18.2 Å². The molecule has 2 nitrogen and oxygen atoms in total. The lowest BCUT2D eigenvalue weighted by atomic mass is 10.1. The zero-order valence-electron chi connectivity index (χ0n) is 9.53. The SMILES string of the molecule is C#CCCn1ccc2cccc(CNC)c21. The predicted molar refractivity (Wildman–Crippen MR) is 68.2 cm³/mol. The Balaban J connectivity index is 2.46. The third kappa shape index (κ3) is 1.95. The van der Waals surface area contributed by atoms with Crippen LogP contribution in [0.5, 0.6) is 0 Å². The van der Waals surface area contributed by atoms with Crippen molar-refractivity contribution in [3.05, 3.63) is 36.0 Å². The quantitative estimate of drug-likeness (QED) is 0.770. The summed E-state index contributed by atoms with van der Waals surface area (Å²) in [5.41, 5.74) is 2.62. The lowest BCUT2D eigenvalue weighted by molar-refractivity contribution is 0.739. The molecular weight excluding hydrogens is 196 g/mol. The predicted octanol–water partition coefficient (Wildman–Crippen LogP) is 2.38. The van der Waals surface area contributed by atoms with Crippen molar-refractivity contribution in [1.82, 2.24) is 9.88 Å². The van der Waals surface area contributed by atoms with Gasteiger partial charge in [-0.3, -0.25) is 0 Å². The summed E-state index contributed by atoms with van der Waals surface area (Å²) in [6.45, 7) is 1.78. The van der Waals surface area contributed by atoms with Gasteiger partial charge < -0.3 is 9.88 Å². The van der Waals surface area contributed by atoms with Crippen molar-refractivity contribution in [3.63, 3.8) is 0 Å². The zero-order chi connectivity index (χ0) is 11.4. The van der Waals surface area contributed by atoms with E-state index in [0.29, 0.717) is 0 Å². The number of fused-ring (bicyclic) bond motifs is 1. The molecule has 0 aliphatic heterocycles. The summed E-state index contributed by atoms with van der Waals surface area (Å²) in [6, 6.07) is 8.54. The molecule has 16 heavy (non-hydrogen) atoms. The zero-order valence-corrected chi connectivity index (χ0v) is 9.53. The molecule has 1 aromatic carbocycles. The molecule has 0 fully saturated rings. The molecule has 0 saturated heterocycles. The highest BCUT2D eigenvalue weighted by Gasteiger charge is 2.04. The maximum Gasteiger partial charge on any atom is 0.0526 e. The van der Waals surface area contributed by atoms with Crippen LogP contribution in [0.3, 0.4) is 0 Å². The lowest BCUT2D eigenvalue weighted by Gasteiger charge is -2.08. The number of aromatic nitrogens is 1. The van der Waals surface area contributed by atoms with Gasteiger partial charge in [0.05, 0.1) is 5.52 Å². The van der Waals surface area contributed by atoms with E-state index in [1.54, 1.807) is 0 Å². The Kier molecular flexibility index (Phi) is 3.28. The van der Waals surface area contributed by atoms with Gasteiger partial charge >= 0.3 is 0 Å². The fourth-order valence-electron chi connectivity index (χ4n) is 2.05. The van der Waals surface area contributed by atoms with Crippen molar-refractivity contribution in [2.75, 3.05) is 7.05 Å². The van der Waals surface area contributed by atoms with E-state index in [0.717, 1.165) is 19.5 Å². The Morgan fingerprint density at radius 3 is 3.00 bits per heavy atom. The highest BCUT2D eigenvalue weighted by atomic mass is 15.0. The summed E-state index contributed by atoms with van der Waals surface area (Å²) in [4.78, 5) is 0. The van der Waals surface area contributed by atoms with Crippen LogP contribution in [-0.2, 0) is 13.1 Å². The third-order valence-electron chi connectivity index (χ3n) is 2.74. The number of nitrogens with zero attached hydrogens (tertiary/aromatic N) is 1. The third-order valence-corrected chi connectivity index (χ3v) is 2.74. The number of terminal acetylenes is 1. The van der Waals surface area contributed by atoms with Crippen LogP contribution < -0.4 is 5.32 Å². The number of benzene rings is 1. The second-order valence-electron chi connectivity index (χ2n) is 3.85. The molecule has 2 rings (SSSR count). The van der Waals surface area contributed by atoms with Crippen molar-refractivity contribution in [2.45, 2.75) is 19.5 Å². The molecule has 82 valence electrons. The number of rotatable bonds is 4. The van der Waals surface area contributed by atoms with Crippen molar-refractivity contribution in [1.29, 1.82) is 0 Å². The standard InChI is InChI=1S/C14H16N2/c1-3-4-9-16-10-8-12-6-5-7-13(11-15-2)14(12)16/h1,5-8,10,15H,4,9,11H2,2H3. The first-order valence-electron chi connectivity index (χ1n) is 5.51. The first-order valence-corrected chi connectivity index (χ1v) is 5.51. The minimum absolute atomic E-state index is 0.775. The van der Waals surface area contributed by atoms with Gasteiger partial charge in [-0.05, 0) is 24.1 Å². The van der Waals surface area contributed by atoms with Crippen LogP contribution in [0.15, 0.2) is 30.5 Å². The summed E-state index contributed by atoms with van der Waals surface area (Å²) >= 11 is 0. The Hall–Kier alpha value is -1.72. The van der Waals surface area contributed by atoms with Crippen LogP contribution in [0.4, 0.5) is 0 Å². The average Bonchev–Trinajstić information content (AvgIpc) is 2.71. The minimum atomic E-state index is 0.775. The molecule has 0 unspecified atom stereocenters. The Morgan fingerprint density at radius 2 is 2.25 bits per heavy atom. The van der Waals surface area contributed by atoms with Gasteiger partial charge in [-0.25, -0.2) is 0 Å². The maximum absolute atomic E-state index is 5.31. The lowest BCUT2D eigenvalue weighted by Crippen LogP contribution is -2.07. The van der Waals surface area contributed by atoms with E-state index < -0.39 is 0 Å². The molecule has 0 radical (unpaired) electrons. The van der Waals surface area contributed by atoms with Gasteiger partial charge in [0.25, 0.3) is 0 Å². The molecule has 1 N–H and O–H groups in total. The Labute approximate surface area is 96.3 Å². The van der Waals surface area contributed by atoms with Crippen molar-refractivity contribution in [3.8, 4) is 12.3 Å². The van der Waals surface area contributed by atoms with Gasteiger partial charge in [0, 0.05) is 25.7 Å². The van der Waals surface area contributed by atoms with Crippen molar-refractivity contribution < 1.29 is 0 Å². The first-order chi connectivity index (χ1) is 7.86. The van der Waals surface area contributed by atoms with E-state index in [1.807, 2.05) is 7.05 Å². The van der Waals surface area contributed by atoms with Crippen LogP contribution in [-0.4, -0.2) is 11.6 Å². The molecule has 2 aromatic rings. The molecule has 0 bridgehead atoms. The normalized spacial score (nSPS) is 10.5. The van der Waals surface area contributed by atoms with Crippen LogP contribution in [0.2, 0.25) is 0 Å². The monoisotopic (exact) mass is 212 g/mol. The van der Waals surface area contributed by atoms with Crippen LogP contribution in [0.25, 0.3) is 10.9 Å². The first kappa shape index (κ1) is 10.8. The second kappa shape index (κ2) is 4.87. The maximum atomic E-state index is 5.31. The van der Waals surface area contributed by atoms with Gasteiger partial charge in [0.1, 0.15) is 0 Å². The molecule has 0 aliphatic carbocycles. The van der Waals surface area contributed by atoms with Gasteiger partial charge in [0.2, 0.25) is 0 Å². The summed E-state index contributed by atoms with van der Waals surface area (Å²) in [5.74, 6) is 2.69. The Bertz CT molecular complexity index is 517. The molecule has 1 heterocycles. The van der Waals surface area contributed by atoms with E-state index in [1.165, 1.54) is 16.5 Å². The summed E-state index contributed by atoms with van der Waals surface area (Å²) in [5, 5.41) is 4.48. The van der Waals surface area contributed by atoms with E-state index in [2.05, 4.69) is 46.3 Å². The van der Waals surface area contributed by atoms with E-state index in [-0.39, 0.29) is 0 Å². The molecular formula is C14H16N2. The highest BCUT2D eigenvalue weighted by Crippen LogP contribution is 2.20. The number of aryl methyl sites for hydroxylation is 1. The van der Waals surface area contributed by atoms with Crippen LogP contribution in [0, 0.1) is 12.3 Å². The topological polar surface area (TPSA) is 17.0 Å². The van der Waals surface area contributed by atoms with Crippen LogP contribution >= 0.6 is 0 Å². The van der Waals surface area contributed by atoms with Crippen molar-refractivity contribution >= 4 is 10.9 Å². The molecule has 0 saturated carbocycles. The highest BCUT2D eigenvalue weighted by molar-refractivity contribution is 5.83. The smallest absolute Gasteiger partial charge is 0.0526 e. The number of para-hydroxylation sites is 1.